The molecule has 0 bridgehead atoms. The van der Waals surface area contributed by atoms with E-state index in [1.165, 1.54) is 154 Å². The van der Waals surface area contributed by atoms with Crippen molar-refractivity contribution >= 4 is 0 Å². The summed E-state index contributed by atoms with van der Waals surface area (Å²) in [6.45, 7) is 44.2. The van der Waals surface area contributed by atoms with Crippen LogP contribution in [0.1, 0.15) is 541 Å². The average molecular weight is 1730 g/mol. The highest BCUT2D eigenvalue weighted by Gasteiger charge is 2.66. The zero-order valence-electron chi connectivity index (χ0n) is 87.6. The zero-order valence-corrected chi connectivity index (χ0v) is 87.6. The fraction of sp³-hybridized carbons (Fsp3) is 1.00. The third-order valence-corrected chi connectivity index (χ3v) is 53.9. The van der Waals surface area contributed by atoms with E-state index < -0.39 is 0 Å². The quantitative estimate of drug-likeness (QED) is 0.282. The van der Waals surface area contributed by atoms with Gasteiger partial charge in [0.05, 0.1) is 0 Å². The largest absolute Gasteiger partial charge is 0.328 e. The summed E-state index contributed by atoms with van der Waals surface area (Å²) in [6, 6.07) is 0.492. The Morgan fingerprint density at radius 2 is 0.437 bits per heavy atom. The van der Waals surface area contributed by atoms with Crippen LogP contribution in [-0.4, -0.2) is 6.04 Å². The molecule has 1 heteroatoms. The minimum absolute atomic E-state index is 0.492. The number of hydrogen-bond acceptors (Lipinski definition) is 1. The van der Waals surface area contributed by atoms with Crippen molar-refractivity contribution in [1.29, 1.82) is 0 Å². The Hall–Kier alpha value is -0.0400. The standard InChI is InChI=1S/2C22H38.2C21H36.C20H34.C19H33N/c2*1-4-6-16-10-14-22(3)17(15-16)8-9-18-19-7-5-12-21(19,2)13-11-20(18)22;2*1-4-15-9-13-21(3)16(14-15)7-8-17-18-6-5-11-20(18,2)12-10-19(17)21;1-14-8-12-20(3)15(13-14)6-7-16-17-5-4-10-19(17,2)11-9-18(16)20;1-18-10-3-4-16(18)15-8-6-13-5-7-14(20)12-19(13,2)17(15)9-11-18/h2*16-20H,4-15H2,1-3H3;2*15-19H,4-14H2,1-3H3;14-18H,4-13H2,1-3H3;13-17H,3-12,20H2,1-2H3/t16-,17+,18+,19+,20+,21+,22+;16-,17-,18-,19-,20-,21-,22-;15-,16+,17+,18+,19+,20+,21+;15-,16-,17-,18-,19-,20-,21-;14-,15-,16-,17-,18-,19-,20-;13-,14?,15+,16+,17+,18+,19+/m101001/s1. The molecule has 24 aliphatic rings. The van der Waals surface area contributed by atoms with Crippen LogP contribution in [0.15, 0.2) is 0 Å². The topological polar surface area (TPSA) is 26.0 Å². The summed E-state index contributed by atoms with van der Waals surface area (Å²) in [5.41, 5.74) is 15.0. The highest BCUT2D eigenvalue weighted by Crippen LogP contribution is 2.75. The molecule has 24 saturated carbocycles. The van der Waals surface area contributed by atoms with E-state index >= 15 is 0 Å². The maximum atomic E-state index is 6.38. The third-order valence-electron chi connectivity index (χ3n) is 53.9. The number of hydrogen-bond donors (Lipinski definition) is 1. The van der Waals surface area contributed by atoms with Crippen molar-refractivity contribution in [1.82, 2.24) is 0 Å². The van der Waals surface area contributed by atoms with E-state index in [2.05, 4.69) is 118 Å². The van der Waals surface area contributed by atoms with Crippen LogP contribution >= 0.6 is 0 Å². The average Bonchev–Trinajstić information content (AvgIpc) is 1.44. The first-order valence-corrected chi connectivity index (χ1v) is 60.1. The van der Waals surface area contributed by atoms with Crippen LogP contribution in [-0.2, 0) is 0 Å². The Balaban J connectivity index is 0.0000000988. The van der Waals surface area contributed by atoms with Crippen LogP contribution in [0.4, 0.5) is 0 Å². The van der Waals surface area contributed by atoms with Crippen molar-refractivity contribution in [2.75, 3.05) is 0 Å². The Kier molecular flexibility index (Phi) is 27.8. The van der Waals surface area contributed by atoms with Crippen LogP contribution in [0, 0.1) is 237 Å². The van der Waals surface area contributed by atoms with Gasteiger partial charge >= 0.3 is 0 Å². The summed E-state index contributed by atoms with van der Waals surface area (Å²) in [4.78, 5) is 0. The molecular weight excluding hydrogens is 1520 g/mol. The van der Waals surface area contributed by atoms with Crippen LogP contribution in [0.2, 0.25) is 0 Å². The van der Waals surface area contributed by atoms with Crippen molar-refractivity contribution in [3.63, 3.8) is 0 Å². The summed E-state index contributed by atoms with van der Waals surface area (Å²) in [6.07, 6.45) is 101. The van der Waals surface area contributed by atoms with Gasteiger partial charge in [-0.25, -0.2) is 0 Å². The minimum Gasteiger partial charge on any atom is -0.328 e. The fourth-order valence-corrected chi connectivity index (χ4v) is 46.3. The maximum absolute atomic E-state index is 6.38. The molecule has 42 atom stereocenters. The molecule has 720 valence electrons. The summed E-state index contributed by atoms with van der Waals surface area (Å²) in [5.74, 6) is 31.1. The molecule has 0 spiro atoms. The lowest BCUT2D eigenvalue weighted by Crippen LogP contribution is -2.54. The smallest absolute Gasteiger partial charge is 0.00443 e. The van der Waals surface area contributed by atoms with Crippen molar-refractivity contribution < 1.29 is 0 Å². The van der Waals surface area contributed by atoms with Crippen molar-refractivity contribution in [2.24, 2.45) is 242 Å². The van der Waals surface area contributed by atoms with E-state index in [0.29, 0.717) is 16.9 Å². The summed E-state index contributed by atoms with van der Waals surface area (Å²) in [7, 11) is 0. The number of rotatable bonds is 6. The Bertz CT molecular complexity index is 3430. The van der Waals surface area contributed by atoms with E-state index in [1.807, 2.05) is 0 Å². The lowest BCUT2D eigenvalue weighted by Gasteiger charge is -2.60. The molecule has 0 aromatic heterocycles. The monoisotopic (exact) mass is 1730 g/mol. The minimum atomic E-state index is 0.492. The van der Waals surface area contributed by atoms with Gasteiger partial charge in [-0.05, 0) is 577 Å². The summed E-state index contributed by atoms with van der Waals surface area (Å²) in [5, 5.41) is 0. The normalized spacial score (nSPS) is 56.4. The van der Waals surface area contributed by atoms with Crippen molar-refractivity contribution in [2.45, 2.75) is 548 Å². The predicted octanol–water partition coefficient (Wildman–Crippen LogP) is 37.4. The summed E-state index contributed by atoms with van der Waals surface area (Å²) >= 11 is 0. The molecule has 0 amide bonds. The van der Waals surface area contributed by atoms with E-state index in [9.17, 15) is 0 Å². The molecule has 24 rings (SSSR count). The van der Waals surface area contributed by atoms with Gasteiger partial charge in [-0.3, -0.25) is 0 Å². The third kappa shape index (κ3) is 16.8. The van der Waals surface area contributed by atoms with Gasteiger partial charge in [-0.2, -0.15) is 0 Å². The van der Waals surface area contributed by atoms with E-state index in [4.69, 9.17) is 5.73 Å². The van der Waals surface area contributed by atoms with Gasteiger partial charge in [0.1, 0.15) is 0 Å². The van der Waals surface area contributed by atoms with E-state index in [1.54, 1.807) is 270 Å². The molecule has 2 N–H and O–H groups in total. The maximum Gasteiger partial charge on any atom is 0.00443 e. The predicted molar refractivity (Wildman–Crippen MR) is 540 cm³/mol. The molecular formula is C125H215N. The zero-order chi connectivity index (χ0) is 88.0. The summed E-state index contributed by atoms with van der Waals surface area (Å²) < 4.78 is 0. The first-order chi connectivity index (χ1) is 60.3. The fourth-order valence-electron chi connectivity index (χ4n) is 46.3. The molecule has 1 nitrogen and oxygen atoms in total. The van der Waals surface area contributed by atoms with Gasteiger partial charge < -0.3 is 5.73 Å². The molecule has 0 saturated heterocycles. The van der Waals surface area contributed by atoms with Gasteiger partial charge in [-0.15, -0.1) is 0 Å². The number of fused-ring (bicyclic) bond motifs is 30. The SMILES string of the molecule is CCC[C@@H]1CC[C@@]2(C)[C@@H](CC[C@H]3[C@@H]4CCC[C@@]4(C)CC[C@@H]32)C1.CCC[C@H]1CC[C@@]2(C)[C@@H](CC[C@H]3[C@@H]4CCC[C@@]4(C)CC[C@@H]32)C1.CC[C@@H]1CC[C@@]2(C)[C@@H](CC[C@H]3[C@@H]4CCC[C@@]4(C)CC[C@@H]32)C1.CC[C@H]1CC[C@@]2(C)[C@@H](CC[C@H]3[C@@H]4CCC[C@@]4(C)CC[C@@H]32)C1.C[C@@]12CCC[C@H]1[C@@H]1CC[C@H]3CCC(N)C[C@]3(C)[C@H]1CC2.C[C@H]1CC[C@@]2(C)[C@@H](CC[C@H]3[C@@H]4CCC[C@@]4(C)CC[C@@H]32)C1. The second-order valence-corrected chi connectivity index (χ2v) is 58.8. The molecule has 126 heavy (non-hydrogen) atoms. The Labute approximate surface area is 784 Å². The van der Waals surface area contributed by atoms with Crippen LogP contribution in [0.3, 0.4) is 0 Å². The molecule has 0 radical (unpaired) electrons. The van der Waals surface area contributed by atoms with Crippen molar-refractivity contribution in [3.8, 4) is 0 Å². The lowest BCUT2D eigenvalue weighted by atomic mass is 9.44. The molecule has 0 aromatic carbocycles. The van der Waals surface area contributed by atoms with Crippen LogP contribution < -0.4 is 5.73 Å². The molecule has 0 aromatic rings. The molecule has 0 aliphatic heterocycles. The molecule has 24 fully saturated rings. The van der Waals surface area contributed by atoms with E-state index in [-0.39, 0.29) is 0 Å². The van der Waals surface area contributed by atoms with Crippen molar-refractivity contribution in [3.05, 3.63) is 0 Å². The lowest BCUT2D eigenvalue weighted by molar-refractivity contribution is -0.111. The van der Waals surface area contributed by atoms with Gasteiger partial charge in [-0.1, -0.05) is 201 Å². The number of nitrogens with two attached hydrogens (primary N) is 1. The molecule has 0 heterocycles. The first-order valence-electron chi connectivity index (χ1n) is 60.1. The van der Waals surface area contributed by atoms with Gasteiger partial charge in [0.25, 0.3) is 0 Å². The van der Waals surface area contributed by atoms with E-state index in [0.717, 1.165) is 226 Å². The van der Waals surface area contributed by atoms with Crippen LogP contribution in [0.5, 0.6) is 0 Å². The molecule has 24 aliphatic carbocycles. The van der Waals surface area contributed by atoms with Gasteiger partial charge in [0.15, 0.2) is 0 Å². The Morgan fingerprint density at radius 3 is 0.706 bits per heavy atom. The molecule has 1 unspecified atom stereocenters. The van der Waals surface area contributed by atoms with Gasteiger partial charge in [0, 0.05) is 6.04 Å². The highest BCUT2D eigenvalue weighted by atomic mass is 14.7. The Morgan fingerprint density at radius 1 is 0.206 bits per heavy atom. The highest BCUT2D eigenvalue weighted by molar-refractivity contribution is 5.16. The van der Waals surface area contributed by atoms with Crippen LogP contribution in [0.25, 0.3) is 0 Å². The first kappa shape index (κ1) is 94.9. The second-order valence-electron chi connectivity index (χ2n) is 58.8. The van der Waals surface area contributed by atoms with Gasteiger partial charge in [0.2, 0.25) is 0 Å². The second kappa shape index (κ2) is 37.0.